The van der Waals surface area contributed by atoms with Gasteiger partial charge in [0, 0.05) is 6.04 Å². The van der Waals surface area contributed by atoms with Gasteiger partial charge in [-0.05, 0) is 47.3 Å². The van der Waals surface area contributed by atoms with Gasteiger partial charge in [-0.15, -0.1) is 0 Å². The Morgan fingerprint density at radius 2 is 1.75 bits per heavy atom. The quantitative estimate of drug-likeness (QED) is 0.825. The van der Waals surface area contributed by atoms with Crippen LogP contribution in [0, 0.1) is 5.41 Å². The van der Waals surface area contributed by atoms with Crippen LogP contribution in [0.2, 0.25) is 0 Å². The van der Waals surface area contributed by atoms with E-state index in [1.54, 1.807) is 0 Å². The summed E-state index contributed by atoms with van der Waals surface area (Å²) >= 11 is 0. The van der Waals surface area contributed by atoms with Crippen molar-refractivity contribution in [1.29, 1.82) is 0 Å². The Labute approximate surface area is 125 Å². The van der Waals surface area contributed by atoms with Crippen molar-refractivity contribution in [2.45, 2.75) is 71.8 Å². The van der Waals surface area contributed by atoms with Gasteiger partial charge in [-0.2, -0.15) is 0 Å². The van der Waals surface area contributed by atoms with E-state index in [-0.39, 0.29) is 5.41 Å². The molecule has 0 aliphatic heterocycles. The highest BCUT2D eigenvalue weighted by molar-refractivity contribution is 5.33. The summed E-state index contributed by atoms with van der Waals surface area (Å²) in [7, 11) is 0. The molecule has 0 heterocycles. The largest absolute Gasteiger partial charge is 0.314 e. The van der Waals surface area contributed by atoms with Gasteiger partial charge in [0.15, 0.2) is 0 Å². The Bertz CT molecular complexity index is 440. The van der Waals surface area contributed by atoms with Crippen LogP contribution >= 0.6 is 0 Å². The van der Waals surface area contributed by atoms with E-state index in [9.17, 15) is 0 Å². The molecule has 1 N–H and O–H groups in total. The van der Waals surface area contributed by atoms with Gasteiger partial charge < -0.3 is 5.32 Å². The lowest BCUT2D eigenvalue weighted by molar-refractivity contribution is 0.0455. The first-order valence-electron chi connectivity index (χ1n) is 8.16. The highest BCUT2D eigenvalue weighted by Crippen LogP contribution is 2.54. The fraction of sp³-hybridized carbons (Fsp3) is 0.684. The lowest BCUT2D eigenvalue weighted by Gasteiger charge is -2.55. The molecular weight excluding hydrogens is 242 g/mol. The van der Waals surface area contributed by atoms with Crippen molar-refractivity contribution in [3.05, 3.63) is 35.4 Å². The molecule has 1 saturated carbocycles. The lowest BCUT2D eigenvalue weighted by atomic mass is 9.54. The third-order valence-corrected chi connectivity index (χ3v) is 5.45. The van der Waals surface area contributed by atoms with Crippen molar-refractivity contribution in [2.75, 3.05) is 6.54 Å². The Balaban J connectivity index is 2.17. The van der Waals surface area contributed by atoms with E-state index < -0.39 is 0 Å². The van der Waals surface area contributed by atoms with Gasteiger partial charge in [0.05, 0.1) is 0 Å². The Kier molecular flexibility index (Phi) is 4.30. The molecule has 1 nitrogen and oxygen atoms in total. The summed E-state index contributed by atoms with van der Waals surface area (Å²) in [5.41, 5.74) is 3.62. The summed E-state index contributed by atoms with van der Waals surface area (Å²) in [5.74, 6) is 0.713. The zero-order chi connectivity index (χ0) is 15.0. The second kappa shape index (κ2) is 5.52. The zero-order valence-electron chi connectivity index (χ0n) is 14.1. The average molecular weight is 273 g/mol. The van der Waals surface area contributed by atoms with Crippen LogP contribution in [0.4, 0.5) is 0 Å². The summed E-state index contributed by atoms with van der Waals surface area (Å²) in [6, 6.07) is 10.1. The van der Waals surface area contributed by atoms with Gasteiger partial charge >= 0.3 is 0 Å². The average Bonchev–Trinajstić information content (AvgIpc) is 2.41. The first-order chi connectivity index (χ1) is 9.32. The maximum absolute atomic E-state index is 3.66. The Morgan fingerprint density at radius 1 is 1.15 bits per heavy atom. The monoisotopic (exact) mass is 273 g/mol. The van der Waals surface area contributed by atoms with Crippen molar-refractivity contribution >= 4 is 0 Å². The molecule has 1 aliphatic rings. The van der Waals surface area contributed by atoms with Gasteiger partial charge in [-0.25, -0.2) is 0 Å². The molecule has 2 rings (SSSR count). The number of hydrogen-bond acceptors (Lipinski definition) is 1. The minimum atomic E-state index is 0.249. The first-order valence-corrected chi connectivity index (χ1v) is 8.16. The third-order valence-electron chi connectivity index (χ3n) is 5.45. The van der Waals surface area contributed by atoms with E-state index in [0.29, 0.717) is 17.4 Å². The second-order valence-corrected chi connectivity index (χ2v) is 7.63. The van der Waals surface area contributed by atoms with Crippen molar-refractivity contribution in [3.63, 3.8) is 0 Å². The number of rotatable bonds is 4. The van der Waals surface area contributed by atoms with Gasteiger partial charge in [-0.3, -0.25) is 0 Å². The smallest absolute Gasteiger partial charge is 0.0132 e. The van der Waals surface area contributed by atoms with Crippen LogP contribution in [0.1, 0.15) is 71.4 Å². The first kappa shape index (κ1) is 15.6. The summed E-state index contributed by atoms with van der Waals surface area (Å²) in [4.78, 5) is 0. The number of hydrogen-bond donors (Lipinski definition) is 1. The molecule has 3 atom stereocenters. The third kappa shape index (κ3) is 2.65. The van der Waals surface area contributed by atoms with E-state index in [1.165, 1.54) is 24.0 Å². The van der Waals surface area contributed by atoms with Crippen LogP contribution in [0.5, 0.6) is 0 Å². The van der Waals surface area contributed by atoms with E-state index >= 15 is 0 Å². The molecule has 3 unspecified atom stereocenters. The summed E-state index contributed by atoms with van der Waals surface area (Å²) < 4.78 is 0. The maximum atomic E-state index is 3.66. The molecule has 0 radical (unpaired) electrons. The molecule has 0 amide bonds. The minimum absolute atomic E-state index is 0.249. The van der Waals surface area contributed by atoms with E-state index in [0.717, 1.165) is 6.54 Å². The molecule has 20 heavy (non-hydrogen) atoms. The van der Waals surface area contributed by atoms with Gasteiger partial charge in [0.1, 0.15) is 0 Å². The van der Waals surface area contributed by atoms with Gasteiger partial charge in [-0.1, -0.05) is 65.8 Å². The molecule has 0 spiro atoms. The van der Waals surface area contributed by atoms with Crippen molar-refractivity contribution in [3.8, 4) is 0 Å². The molecule has 1 aromatic rings. The van der Waals surface area contributed by atoms with Crippen LogP contribution in [0.3, 0.4) is 0 Å². The molecule has 1 aromatic carbocycles. The molecule has 0 aromatic heterocycles. The maximum Gasteiger partial charge on any atom is 0.0132 e. The summed E-state index contributed by atoms with van der Waals surface area (Å²) in [6.45, 7) is 14.9. The molecule has 112 valence electrons. The fourth-order valence-corrected chi connectivity index (χ4v) is 3.64. The van der Waals surface area contributed by atoms with Crippen LogP contribution < -0.4 is 5.32 Å². The fourth-order valence-electron chi connectivity index (χ4n) is 3.64. The van der Waals surface area contributed by atoms with Gasteiger partial charge in [0.2, 0.25) is 0 Å². The molecule has 1 fully saturated rings. The predicted molar refractivity (Wildman–Crippen MR) is 88.4 cm³/mol. The molecule has 0 saturated heterocycles. The predicted octanol–water partition coefficient (Wildman–Crippen LogP) is 4.87. The molecule has 1 heteroatoms. The van der Waals surface area contributed by atoms with Crippen molar-refractivity contribution in [2.24, 2.45) is 5.41 Å². The zero-order valence-corrected chi connectivity index (χ0v) is 14.1. The normalized spacial score (nSPS) is 30.1. The van der Waals surface area contributed by atoms with E-state index in [4.69, 9.17) is 0 Å². The van der Waals surface area contributed by atoms with Crippen LogP contribution in [0.25, 0.3) is 0 Å². The highest BCUT2D eigenvalue weighted by Gasteiger charge is 2.50. The van der Waals surface area contributed by atoms with Crippen LogP contribution in [-0.2, 0) is 5.41 Å². The summed E-state index contributed by atoms with van der Waals surface area (Å²) in [6.07, 6.45) is 2.53. The molecule has 1 aliphatic carbocycles. The minimum Gasteiger partial charge on any atom is -0.314 e. The standard InChI is InChI=1S/C19H31N/c1-7-19(6)16(13-17(19)20-8-2)14-9-11-15(12-10-14)18(3,4)5/h9-12,16-17,20H,7-8,13H2,1-6H3. The number of nitrogens with one attached hydrogen (secondary N) is 1. The van der Waals surface area contributed by atoms with Crippen LogP contribution in [0.15, 0.2) is 24.3 Å². The number of benzene rings is 1. The van der Waals surface area contributed by atoms with Crippen molar-refractivity contribution in [1.82, 2.24) is 5.32 Å². The SMILES string of the molecule is CCNC1CC(c2ccc(C(C)(C)C)cc2)C1(C)CC. The lowest BCUT2D eigenvalue weighted by Crippen LogP contribution is -2.56. The Morgan fingerprint density at radius 3 is 2.20 bits per heavy atom. The second-order valence-electron chi connectivity index (χ2n) is 7.63. The van der Waals surface area contributed by atoms with Crippen LogP contribution in [-0.4, -0.2) is 12.6 Å². The highest BCUT2D eigenvalue weighted by atomic mass is 15.0. The van der Waals surface area contributed by atoms with Crippen molar-refractivity contribution < 1.29 is 0 Å². The molecular formula is C19H31N. The summed E-state index contributed by atoms with van der Waals surface area (Å²) in [5, 5.41) is 3.66. The Hall–Kier alpha value is -0.820. The van der Waals surface area contributed by atoms with Gasteiger partial charge in [0.25, 0.3) is 0 Å². The van der Waals surface area contributed by atoms with E-state index in [1.807, 2.05) is 0 Å². The van der Waals surface area contributed by atoms with E-state index in [2.05, 4.69) is 71.1 Å². The topological polar surface area (TPSA) is 12.0 Å². The molecule has 0 bridgehead atoms.